The minimum atomic E-state index is -1.17. The number of aliphatic imine (C=N–C) groups is 1. The molecule has 0 spiro atoms. The van der Waals surface area contributed by atoms with E-state index < -0.39 is 16.4 Å². The third-order valence-corrected chi connectivity index (χ3v) is 6.43. The fraction of sp³-hybridized carbons (Fsp3) is 0.500. The zero-order chi connectivity index (χ0) is 17.9. The zero-order valence-electron chi connectivity index (χ0n) is 13.7. The van der Waals surface area contributed by atoms with Crippen LogP contribution in [0, 0.1) is 16.0 Å². The van der Waals surface area contributed by atoms with Gasteiger partial charge in [0.2, 0.25) is 11.7 Å². The smallest absolute Gasteiger partial charge is 0.224 e. The summed E-state index contributed by atoms with van der Waals surface area (Å²) in [6.45, 7) is 5.36. The van der Waals surface area contributed by atoms with E-state index in [1.165, 1.54) is 11.8 Å². The Morgan fingerprint density at radius 3 is 2.62 bits per heavy atom. The lowest BCUT2D eigenvalue weighted by Gasteiger charge is -2.34. The van der Waals surface area contributed by atoms with Crippen LogP contribution in [0.2, 0.25) is 5.02 Å². The van der Waals surface area contributed by atoms with Crippen LogP contribution >= 0.6 is 35.1 Å². The quantitative estimate of drug-likeness (QED) is 0.532. The van der Waals surface area contributed by atoms with E-state index in [0.717, 1.165) is 17.5 Å². The first-order chi connectivity index (χ1) is 11.3. The highest BCUT2D eigenvalue weighted by Gasteiger charge is 2.55. The number of halogens is 1. The third-order valence-electron chi connectivity index (χ3n) is 4.07. The second-order valence-corrected chi connectivity index (χ2v) is 8.65. The molecule has 0 saturated heterocycles. The van der Waals surface area contributed by atoms with Crippen LogP contribution in [0.15, 0.2) is 29.3 Å². The number of carbonyl (C=O) groups is 1. The molecule has 0 fully saturated rings. The number of thioether (sulfide) groups is 2. The molecule has 0 aromatic heterocycles. The number of rotatable bonds is 6. The molecule has 2 rings (SSSR count). The standard InChI is InChI=1S/C16H19ClN2O3S2/c1-4-23-15-18-16(10(2)3,14(20)24-15)12(9-19(21)22)11-7-5-6-8-13(11)17/h5-8,10,12H,4,9H2,1-3H3/t12-,16+/m1/s1. The SMILES string of the molecule is CCSC1=N[C@@](C(C)C)([C@H](C[N+](=O)[O-])c2ccccc2Cl)C(=O)S1. The molecular formula is C16H19ClN2O3S2. The number of nitrogens with zero attached hydrogens (tertiary/aromatic N) is 2. The number of nitro groups is 1. The summed E-state index contributed by atoms with van der Waals surface area (Å²) in [4.78, 5) is 28.5. The Morgan fingerprint density at radius 1 is 1.42 bits per heavy atom. The Kier molecular flexibility index (Phi) is 6.33. The van der Waals surface area contributed by atoms with Crippen molar-refractivity contribution in [2.45, 2.75) is 32.2 Å². The fourth-order valence-electron chi connectivity index (χ4n) is 2.93. The van der Waals surface area contributed by atoms with E-state index in [1.807, 2.05) is 20.8 Å². The van der Waals surface area contributed by atoms with Crippen molar-refractivity contribution in [3.8, 4) is 0 Å². The van der Waals surface area contributed by atoms with E-state index in [4.69, 9.17) is 16.6 Å². The van der Waals surface area contributed by atoms with Gasteiger partial charge in [-0.15, -0.1) is 0 Å². The van der Waals surface area contributed by atoms with Crippen molar-refractivity contribution in [2.75, 3.05) is 12.3 Å². The Balaban J connectivity index is 2.62. The van der Waals surface area contributed by atoms with E-state index >= 15 is 0 Å². The lowest BCUT2D eigenvalue weighted by molar-refractivity contribution is -0.484. The number of hydrogen-bond acceptors (Lipinski definition) is 6. The first kappa shape index (κ1) is 19.3. The summed E-state index contributed by atoms with van der Waals surface area (Å²) in [5.41, 5.74) is -0.565. The molecule has 0 amide bonds. The van der Waals surface area contributed by atoms with E-state index in [2.05, 4.69) is 0 Å². The molecule has 1 aromatic rings. The number of carbonyl (C=O) groups excluding carboxylic acids is 1. The van der Waals surface area contributed by atoms with Crippen LogP contribution in [0.5, 0.6) is 0 Å². The van der Waals surface area contributed by atoms with Gasteiger partial charge in [0.25, 0.3) is 0 Å². The van der Waals surface area contributed by atoms with E-state index in [0.29, 0.717) is 15.0 Å². The summed E-state index contributed by atoms with van der Waals surface area (Å²) in [6.07, 6.45) is 0. The Labute approximate surface area is 154 Å². The second-order valence-electron chi connectivity index (χ2n) is 5.77. The van der Waals surface area contributed by atoms with Gasteiger partial charge >= 0.3 is 0 Å². The van der Waals surface area contributed by atoms with Crippen molar-refractivity contribution in [3.63, 3.8) is 0 Å². The highest BCUT2D eigenvalue weighted by atomic mass is 35.5. The topological polar surface area (TPSA) is 72.6 Å². The molecule has 1 aromatic carbocycles. The first-order valence-corrected chi connectivity index (χ1v) is 9.82. The molecule has 2 atom stereocenters. The molecule has 5 nitrogen and oxygen atoms in total. The maximum atomic E-state index is 12.9. The van der Waals surface area contributed by atoms with Crippen LogP contribution in [0.25, 0.3) is 0 Å². The van der Waals surface area contributed by atoms with Gasteiger partial charge in [-0.1, -0.05) is 62.3 Å². The molecule has 0 unspecified atom stereocenters. The van der Waals surface area contributed by atoms with Gasteiger partial charge in [-0.3, -0.25) is 19.9 Å². The molecule has 1 aliphatic rings. The molecule has 0 N–H and O–H groups in total. The van der Waals surface area contributed by atoms with Crippen molar-refractivity contribution < 1.29 is 9.72 Å². The minimum absolute atomic E-state index is 0.139. The summed E-state index contributed by atoms with van der Waals surface area (Å²) in [6, 6.07) is 6.99. The molecule has 24 heavy (non-hydrogen) atoms. The van der Waals surface area contributed by atoms with Crippen LogP contribution in [0.4, 0.5) is 0 Å². The van der Waals surface area contributed by atoms with Crippen LogP contribution < -0.4 is 0 Å². The van der Waals surface area contributed by atoms with Crippen LogP contribution in [0.3, 0.4) is 0 Å². The molecule has 1 aliphatic heterocycles. The Hall–Kier alpha value is -1.05. The highest BCUT2D eigenvalue weighted by molar-refractivity contribution is 8.45. The maximum absolute atomic E-state index is 12.9. The summed E-state index contributed by atoms with van der Waals surface area (Å²) >= 11 is 8.88. The molecular weight excluding hydrogens is 368 g/mol. The van der Waals surface area contributed by atoms with Crippen molar-refractivity contribution in [3.05, 3.63) is 45.0 Å². The summed E-state index contributed by atoms with van der Waals surface area (Å²) < 4.78 is 0.677. The normalized spacial score (nSPS) is 21.9. The average molecular weight is 387 g/mol. The maximum Gasteiger partial charge on any atom is 0.224 e. The zero-order valence-corrected chi connectivity index (χ0v) is 16.1. The highest BCUT2D eigenvalue weighted by Crippen LogP contribution is 2.48. The van der Waals surface area contributed by atoms with Gasteiger partial charge in [-0.25, -0.2) is 0 Å². The lowest BCUT2D eigenvalue weighted by Crippen LogP contribution is -2.46. The van der Waals surface area contributed by atoms with E-state index in [9.17, 15) is 14.9 Å². The van der Waals surface area contributed by atoms with Gasteiger partial charge in [-0.05, 0) is 35.1 Å². The molecule has 0 saturated carbocycles. The Bertz CT molecular complexity index is 681. The number of hydrogen-bond donors (Lipinski definition) is 0. The van der Waals surface area contributed by atoms with Crippen LogP contribution in [-0.2, 0) is 4.79 Å². The van der Waals surface area contributed by atoms with E-state index in [1.54, 1.807) is 24.3 Å². The summed E-state index contributed by atoms with van der Waals surface area (Å²) in [5.74, 6) is -0.0935. The van der Waals surface area contributed by atoms with Gasteiger partial charge in [0, 0.05) is 9.95 Å². The molecule has 0 radical (unpaired) electrons. The molecule has 0 bridgehead atoms. The van der Waals surface area contributed by atoms with Crippen molar-refractivity contribution in [1.82, 2.24) is 0 Å². The number of benzene rings is 1. The van der Waals surface area contributed by atoms with Crippen molar-refractivity contribution in [2.24, 2.45) is 10.9 Å². The summed E-state index contributed by atoms with van der Waals surface area (Å²) in [5, 5.41) is 11.6. The van der Waals surface area contributed by atoms with E-state index in [-0.39, 0.29) is 17.6 Å². The third kappa shape index (κ3) is 3.63. The van der Waals surface area contributed by atoms with Crippen molar-refractivity contribution >= 4 is 44.6 Å². The molecule has 1 heterocycles. The molecule has 0 aliphatic carbocycles. The summed E-state index contributed by atoms with van der Waals surface area (Å²) in [7, 11) is 0. The van der Waals surface area contributed by atoms with Gasteiger partial charge in [0.15, 0.2) is 0 Å². The first-order valence-electron chi connectivity index (χ1n) is 7.64. The van der Waals surface area contributed by atoms with Crippen LogP contribution in [-0.4, -0.2) is 32.3 Å². The largest absolute Gasteiger partial charge is 0.284 e. The lowest BCUT2D eigenvalue weighted by atomic mass is 9.73. The van der Waals surface area contributed by atoms with Gasteiger partial charge < -0.3 is 0 Å². The molecule has 130 valence electrons. The average Bonchev–Trinajstić information content (AvgIpc) is 2.83. The predicted molar refractivity (Wildman–Crippen MR) is 102 cm³/mol. The second kappa shape index (κ2) is 7.89. The Morgan fingerprint density at radius 2 is 2.08 bits per heavy atom. The monoisotopic (exact) mass is 386 g/mol. The fourth-order valence-corrected chi connectivity index (χ4v) is 5.42. The van der Waals surface area contributed by atoms with Gasteiger partial charge in [-0.2, -0.15) is 0 Å². The van der Waals surface area contributed by atoms with Gasteiger partial charge in [0.05, 0.1) is 5.92 Å². The minimum Gasteiger partial charge on any atom is -0.284 e. The van der Waals surface area contributed by atoms with Crippen molar-refractivity contribution in [1.29, 1.82) is 0 Å². The molecule has 8 heteroatoms. The van der Waals surface area contributed by atoms with Crippen LogP contribution in [0.1, 0.15) is 32.3 Å². The predicted octanol–water partition coefficient (Wildman–Crippen LogP) is 4.48. The van der Waals surface area contributed by atoms with Gasteiger partial charge in [0.1, 0.15) is 9.91 Å².